The molecule has 0 radical (unpaired) electrons. The van der Waals surface area contributed by atoms with E-state index in [1.165, 1.54) is 44.4 Å². The fourth-order valence-electron chi connectivity index (χ4n) is 6.39. The third kappa shape index (κ3) is 7.48. The molecule has 1 saturated carbocycles. The van der Waals surface area contributed by atoms with Crippen LogP contribution in [0.4, 0.5) is 0 Å². The smallest absolute Gasteiger partial charge is 0.290 e. The number of allylic oxidation sites excluding steroid dienone is 2. The van der Waals surface area contributed by atoms with Crippen molar-refractivity contribution < 1.29 is 18.9 Å². The molecule has 38 heavy (non-hydrogen) atoms. The van der Waals surface area contributed by atoms with Crippen molar-refractivity contribution in [3.63, 3.8) is 0 Å². The van der Waals surface area contributed by atoms with Crippen LogP contribution in [0, 0.1) is 17.8 Å². The summed E-state index contributed by atoms with van der Waals surface area (Å²) in [5.74, 6) is 0.292. The molecule has 210 valence electrons. The maximum Gasteiger partial charge on any atom is 0.290 e. The molecule has 0 bridgehead atoms. The Morgan fingerprint density at radius 1 is 1.05 bits per heavy atom. The SMILES string of the molecule is CC[C@H](C)C(NC(=O)[C@H](CC1CCCCC1)NC(=O)c1ccno1)C(=O)N1CCC(C2=CCCCC2)CC1. The predicted molar refractivity (Wildman–Crippen MR) is 146 cm³/mol. The van der Waals surface area contributed by atoms with Crippen LogP contribution in [0.5, 0.6) is 0 Å². The third-order valence-electron chi connectivity index (χ3n) is 9.01. The molecule has 8 nitrogen and oxygen atoms in total. The second kappa shape index (κ2) is 13.9. The Labute approximate surface area is 227 Å². The van der Waals surface area contributed by atoms with Crippen LogP contribution in [-0.4, -0.2) is 53.0 Å². The number of piperidine rings is 1. The number of rotatable bonds is 10. The molecule has 8 heteroatoms. The lowest BCUT2D eigenvalue weighted by Gasteiger charge is -2.37. The van der Waals surface area contributed by atoms with Gasteiger partial charge < -0.3 is 20.1 Å². The lowest BCUT2D eigenvalue weighted by molar-refractivity contribution is -0.139. The Balaban J connectivity index is 1.41. The van der Waals surface area contributed by atoms with Crippen LogP contribution in [0.15, 0.2) is 28.4 Å². The Bertz CT molecular complexity index is 945. The molecule has 3 atom stereocenters. The van der Waals surface area contributed by atoms with Gasteiger partial charge in [0.15, 0.2) is 0 Å². The summed E-state index contributed by atoms with van der Waals surface area (Å²) in [5.41, 5.74) is 1.59. The average Bonchev–Trinajstić information content (AvgIpc) is 3.51. The van der Waals surface area contributed by atoms with Crippen LogP contribution >= 0.6 is 0 Å². The number of likely N-dealkylation sites (tertiary alicyclic amines) is 1. The Morgan fingerprint density at radius 3 is 2.45 bits per heavy atom. The van der Waals surface area contributed by atoms with E-state index in [0.717, 1.165) is 58.0 Å². The quantitative estimate of drug-likeness (QED) is 0.417. The molecule has 1 aliphatic heterocycles. The second-order valence-corrected chi connectivity index (χ2v) is 11.6. The van der Waals surface area contributed by atoms with Crippen LogP contribution < -0.4 is 10.6 Å². The van der Waals surface area contributed by atoms with E-state index in [2.05, 4.69) is 21.9 Å². The van der Waals surface area contributed by atoms with Crippen LogP contribution in [-0.2, 0) is 9.59 Å². The van der Waals surface area contributed by atoms with Crippen molar-refractivity contribution in [3.8, 4) is 0 Å². The van der Waals surface area contributed by atoms with E-state index in [0.29, 0.717) is 18.3 Å². The van der Waals surface area contributed by atoms with E-state index in [-0.39, 0.29) is 23.5 Å². The van der Waals surface area contributed by atoms with E-state index in [9.17, 15) is 14.4 Å². The minimum Gasteiger partial charge on any atom is -0.351 e. The summed E-state index contributed by atoms with van der Waals surface area (Å²) in [6.07, 6.45) is 17.8. The van der Waals surface area contributed by atoms with E-state index in [1.807, 2.05) is 18.7 Å². The topological polar surface area (TPSA) is 105 Å². The van der Waals surface area contributed by atoms with E-state index in [1.54, 1.807) is 5.57 Å². The number of nitrogens with one attached hydrogen (secondary N) is 2. The fourth-order valence-corrected chi connectivity index (χ4v) is 6.39. The second-order valence-electron chi connectivity index (χ2n) is 11.6. The van der Waals surface area contributed by atoms with E-state index in [4.69, 9.17) is 4.52 Å². The molecule has 1 aromatic heterocycles. The van der Waals surface area contributed by atoms with Crippen molar-refractivity contribution in [2.24, 2.45) is 17.8 Å². The van der Waals surface area contributed by atoms with Crippen molar-refractivity contribution in [1.82, 2.24) is 20.7 Å². The van der Waals surface area contributed by atoms with Gasteiger partial charge in [0.05, 0.1) is 6.20 Å². The first kappa shape index (κ1) is 28.4. The van der Waals surface area contributed by atoms with Gasteiger partial charge in [-0.1, -0.05) is 69.2 Å². The van der Waals surface area contributed by atoms with Gasteiger partial charge in [0.2, 0.25) is 17.6 Å². The number of amides is 3. The largest absolute Gasteiger partial charge is 0.351 e. The van der Waals surface area contributed by atoms with Crippen molar-refractivity contribution in [3.05, 3.63) is 29.7 Å². The number of carbonyl (C=O) groups excluding carboxylic acids is 3. The normalized spacial score (nSPS) is 21.7. The maximum atomic E-state index is 13.7. The summed E-state index contributed by atoms with van der Waals surface area (Å²) in [7, 11) is 0. The van der Waals surface area contributed by atoms with Gasteiger partial charge in [-0.05, 0) is 62.7 Å². The Morgan fingerprint density at radius 2 is 1.82 bits per heavy atom. The summed E-state index contributed by atoms with van der Waals surface area (Å²) in [4.78, 5) is 42.1. The Hall–Kier alpha value is -2.64. The summed E-state index contributed by atoms with van der Waals surface area (Å²) in [5, 5.41) is 9.56. The summed E-state index contributed by atoms with van der Waals surface area (Å²) in [6.45, 7) is 5.53. The highest BCUT2D eigenvalue weighted by molar-refractivity contribution is 5.96. The zero-order valence-electron chi connectivity index (χ0n) is 23.3. The van der Waals surface area contributed by atoms with E-state index < -0.39 is 18.0 Å². The molecule has 2 N–H and O–H groups in total. The lowest BCUT2D eigenvalue weighted by Crippen LogP contribution is -2.57. The lowest BCUT2D eigenvalue weighted by atomic mass is 9.83. The molecule has 3 aliphatic rings. The predicted octanol–water partition coefficient (Wildman–Crippen LogP) is 5.01. The first-order valence-electron chi connectivity index (χ1n) is 15.0. The number of aromatic nitrogens is 1. The van der Waals surface area contributed by atoms with Gasteiger partial charge in [-0.3, -0.25) is 14.4 Å². The molecular weight excluding hydrogens is 480 g/mol. The molecule has 2 aliphatic carbocycles. The van der Waals surface area contributed by atoms with Crippen LogP contribution in [0.3, 0.4) is 0 Å². The van der Waals surface area contributed by atoms with Gasteiger partial charge in [-0.2, -0.15) is 0 Å². The van der Waals surface area contributed by atoms with E-state index >= 15 is 0 Å². The number of nitrogens with zero attached hydrogens (tertiary/aromatic N) is 2. The number of hydrogen-bond acceptors (Lipinski definition) is 5. The third-order valence-corrected chi connectivity index (χ3v) is 9.01. The van der Waals surface area contributed by atoms with Crippen LogP contribution in [0.25, 0.3) is 0 Å². The van der Waals surface area contributed by atoms with Gasteiger partial charge in [-0.15, -0.1) is 0 Å². The zero-order chi connectivity index (χ0) is 26.9. The first-order valence-corrected chi connectivity index (χ1v) is 15.0. The van der Waals surface area contributed by atoms with Gasteiger partial charge in [0.25, 0.3) is 5.91 Å². The first-order chi connectivity index (χ1) is 18.5. The molecule has 1 saturated heterocycles. The standard InChI is InChI=1S/C30H46N4O4/c1-3-21(2)27(30(37)34-18-15-24(16-19-34)23-12-8-5-9-13-23)33-28(35)25(20-22-10-6-4-7-11-22)32-29(36)26-14-17-31-38-26/h12,14,17,21-22,24-25,27H,3-11,13,15-16,18-20H2,1-2H3,(H,32,36)(H,33,35)/t21-,25-,27?/m0/s1. The molecule has 2 heterocycles. The molecule has 4 rings (SSSR count). The fraction of sp³-hybridized carbons (Fsp3) is 0.733. The van der Waals surface area contributed by atoms with Gasteiger partial charge in [0, 0.05) is 19.2 Å². The monoisotopic (exact) mass is 526 g/mol. The molecule has 2 fully saturated rings. The molecule has 1 unspecified atom stereocenters. The van der Waals surface area contributed by atoms with Crippen molar-refractivity contribution in [2.45, 2.75) is 109 Å². The van der Waals surface area contributed by atoms with Crippen molar-refractivity contribution in [1.29, 1.82) is 0 Å². The van der Waals surface area contributed by atoms with Gasteiger partial charge in [-0.25, -0.2) is 0 Å². The summed E-state index contributed by atoms with van der Waals surface area (Å²) < 4.78 is 5.01. The molecular formula is C30H46N4O4. The highest BCUT2D eigenvalue weighted by atomic mass is 16.5. The minimum absolute atomic E-state index is 0.00162. The van der Waals surface area contributed by atoms with Crippen LogP contribution in [0.1, 0.15) is 108 Å². The molecule has 0 spiro atoms. The molecule has 0 aromatic carbocycles. The zero-order valence-corrected chi connectivity index (χ0v) is 23.3. The highest BCUT2D eigenvalue weighted by Gasteiger charge is 2.35. The highest BCUT2D eigenvalue weighted by Crippen LogP contribution is 2.32. The van der Waals surface area contributed by atoms with Crippen LogP contribution in [0.2, 0.25) is 0 Å². The minimum atomic E-state index is -0.723. The number of carbonyl (C=O) groups is 3. The summed E-state index contributed by atoms with van der Waals surface area (Å²) >= 11 is 0. The van der Waals surface area contributed by atoms with Crippen molar-refractivity contribution in [2.75, 3.05) is 13.1 Å². The Kier molecular flexibility index (Phi) is 10.4. The summed E-state index contributed by atoms with van der Waals surface area (Å²) in [6, 6.07) is 0.164. The maximum absolute atomic E-state index is 13.7. The average molecular weight is 527 g/mol. The molecule has 3 amide bonds. The van der Waals surface area contributed by atoms with Gasteiger partial charge >= 0.3 is 0 Å². The number of hydrogen-bond donors (Lipinski definition) is 2. The molecule has 1 aromatic rings. The van der Waals surface area contributed by atoms with Crippen molar-refractivity contribution >= 4 is 17.7 Å². The van der Waals surface area contributed by atoms with Gasteiger partial charge in [0.1, 0.15) is 12.1 Å².